The Morgan fingerprint density at radius 2 is 2.24 bits per heavy atom. The molecule has 1 aliphatic heterocycles. The summed E-state index contributed by atoms with van der Waals surface area (Å²) in [7, 11) is 0. The molecule has 7 heteroatoms. The topological polar surface area (TPSA) is 68.7 Å². The first-order valence-corrected chi connectivity index (χ1v) is 7.93. The van der Waals surface area contributed by atoms with Gasteiger partial charge >= 0.3 is 5.97 Å². The van der Waals surface area contributed by atoms with Gasteiger partial charge in [-0.15, -0.1) is 0 Å². The average molecular weight is 312 g/mol. The number of anilines is 1. The Bertz CT molecular complexity index is 529. The van der Waals surface area contributed by atoms with E-state index in [1.807, 2.05) is 0 Å². The standard InChI is InChI=1S/C14H20N2O4S/c1-4-10-8-19-7-6-16(10)14-15-11(13(18)20-5-2)12(21-14)9(3)17/h10H,4-8H2,1-3H3. The third kappa shape index (κ3) is 3.41. The highest BCUT2D eigenvalue weighted by Crippen LogP contribution is 2.30. The predicted octanol–water partition coefficient (Wildman–Crippen LogP) is 2.14. The van der Waals surface area contributed by atoms with Crippen LogP contribution in [0.1, 0.15) is 47.4 Å². The lowest BCUT2D eigenvalue weighted by Crippen LogP contribution is -2.45. The van der Waals surface area contributed by atoms with E-state index in [-0.39, 0.29) is 24.1 Å². The van der Waals surface area contributed by atoms with E-state index < -0.39 is 5.97 Å². The van der Waals surface area contributed by atoms with E-state index in [9.17, 15) is 9.59 Å². The monoisotopic (exact) mass is 312 g/mol. The van der Waals surface area contributed by atoms with Gasteiger partial charge in [0.25, 0.3) is 0 Å². The summed E-state index contributed by atoms with van der Waals surface area (Å²) in [5.41, 5.74) is 0.130. The zero-order valence-corrected chi connectivity index (χ0v) is 13.4. The fourth-order valence-electron chi connectivity index (χ4n) is 2.25. The van der Waals surface area contributed by atoms with Gasteiger partial charge in [-0.25, -0.2) is 9.78 Å². The van der Waals surface area contributed by atoms with E-state index in [4.69, 9.17) is 9.47 Å². The van der Waals surface area contributed by atoms with E-state index >= 15 is 0 Å². The molecule has 2 rings (SSSR count). The van der Waals surface area contributed by atoms with E-state index in [1.54, 1.807) is 6.92 Å². The first kappa shape index (κ1) is 15.9. The lowest BCUT2D eigenvalue weighted by atomic mass is 10.2. The molecule has 0 N–H and O–H groups in total. The lowest BCUT2D eigenvalue weighted by molar-refractivity contribution is 0.0517. The molecule has 2 heterocycles. The van der Waals surface area contributed by atoms with Gasteiger partial charge in [0.05, 0.1) is 25.9 Å². The minimum atomic E-state index is -0.536. The maximum absolute atomic E-state index is 11.9. The summed E-state index contributed by atoms with van der Waals surface area (Å²) in [6, 6.07) is 0.222. The largest absolute Gasteiger partial charge is 0.461 e. The van der Waals surface area contributed by atoms with Crippen LogP contribution in [-0.4, -0.2) is 49.1 Å². The van der Waals surface area contributed by atoms with Gasteiger partial charge in [-0.05, 0) is 13.3 Å². The fourth-order valence-corrected chi connectivity index (χ4v) is 3.30. The molecule has 1 aromatic rings. The number of nitrogens with zero attached hydrogens (tertiary/aromatic N) is 2. The number of Topliss-reactive ketones (excluding diaryl/α,β-unsaturated/α-hetero) is 1. The molecule has 0 aromatic carbocycles. The molecule has 0 bridgehead atoms. The van der Waals surface area contributed by atoms with Gasteiger partial charge in [-0.1, -0.05) is 18.3 Å². The maximum atomic E-state index is 11.9. The van der Waals surface area contributed by atoms with Crippen LogP contribution in [0, 0.1) is 0 Å². The van der Waals surface area contributed by atoms with Crippen LogP contribution in [0.3, 0.4) is 0 Å². The SMILES string of the molecule is CCOC(=O)c1nc(N2CCOCC2CC)sc1C(C)=O. The summed E-state index contributed by atoms with van der Waals surface area (Å²) in [5, 5.41) is 0.693. The Morgan fingerprint density at radius 1 is 1.48 bits per heavy atom. The van der Waals surface area contributed by atoms with Crippen molar-refractivity contribution in [3.8, 4) is 0 Å². The molecule has 21 heavy (non-hydrogen) atoms. The van der Waals surface area contributed by atoms with Crippen LogP contribution < -0.4 is 4.90 Å². The summed E-state index contributed by atoms with van der Waals surface area (Å²) < 4.78 is 10.5. The van der Waals surface area contributed by atoms with Gasteiger partial charge in [0.15, 0.2) is 16.6 Å². The molecule has 1 atom stereocenters. The Kier molecular flexibility index (Phi) is 5.30. The van der Waals surface area contributed by atoms with E-state index in [0.717, 1.165) is 6.42 Å². The molecule has 0 amide bonds. The van der Waals surface area contributed by atoms with Crippen LogP contribution in [0.5, 0.6) is 0 Å². The van der Waals surface area contributed by atoms with Crippen molar-refractivity contribution in [3.05, 3.63) is 10.6 Å². The van der Waals surface area contributed by atoms with Gasteiger partial charge in [-0.2, -0.15) is 0 Å². The highest BCUT2D eigenvalue weighted by atomic mass is 32.1. The number of rotatable bonds is 5. The van der Waals surface area contributed by atoms with Gasteiger partial charge in [0.1, 0.15) is 4.88 Å². The summed E-state index contributed by atoms with van der Waals surface area (Å²) in [5.74, 6) is -0.699. The number of morpholine rings is 1. The second kappa shape index (κ2) is 7.00. The molecule has 116 valence electrons. The summed E-state index contributed by atoms with van der Waals surface area (Å²) in [4.78, 5) is 30.5. The Balaban J connectivity index is 2.34. The van der Waals surface area contributed by atoms with Gasteiger partial charge in [0.2, 0.25) is 0 Å². The number of ketones is 1. The van der Waals surface area contributed by atoms with Gasteiger partial charge < -0.3 is 14.4 Å². The highest BCUT2D eigenvalue weighted by Gasteiger charge is 2.29. The van der Waals surface area contributed by atoms with Gasteiger partial charge in [0, 0.05) is 13.5 Å². The van der Waals surface area contributed by atoms with Crippen molar-refractivity contribution in [2.45, 2.75) is 33.2 Å². The predicted molar refractivity (Wildman–Crippen MR) is 80.3 cm³/mol. The number of hydrogen-bond donors (Lipinski definition) is 0. The number of aromatic nitrogens is 1. The molecule has 0 saturated carbocycles. The van der Waals surface area contributed by atoms with Crippen molar-refractivity contribution in [2.24, 2.45) is 0 Å². The van der Waals surface area contributed by atoms with Gasteiger partial charge in [-0.3, -0.25) is 4.79 Å². The smallest absolute Gasteiger partial charge is 0.358 e. The molecule has 1 saturated heterocycles. The normalized spacial score (nSPS) is 18.6. The van der Waals surface area contributed by atoms with E-state index in [2.05, 4.69) is 16.8 Å². The van der Waals surface area contributed by atoms with Crippen LogP contribution in [0.15, 0.2) is 0 Å². The zero-order valence-electron chi connectivity index (χ0n) is 12.5. The van der Waals surface area contributed by atoms with Crippen molar-refractivity contribution in [3.63, 3.8) is 0 Å². The number of carbonyl (C=O) groups is 2. The summed E-state index contributed by atoms with van der Waals surface area (Å²) >= 11 is 1.26. The fraction of sp³-hybridized carbons (Fsp3) is 0.643. The third-order valence-corrected chi connectivity index (χ3v) is 4.54. The second-order valence-corrected chi connectivity index (χ2v) is 5.76. The molecule has 1 aromatic heterocycles. The first-order valence-electron chi connectivity index (χ1n) is 7.11. The van der Waals surface area contributed by atoms with Crippen LogP contribution in [0.4, 0.5) is 5.13 Å². The van der Waals surface area contributed by atoms with E-state index in [0.29, 0.717) is 29.8 Å². The minimum Gasteiger partial charge on any atom is -0.461 e. The number of ether oxygens (including phenoxy) is 2. The molecule has 1 unspecified atom stereocenters. The summed E-state index contributed by atoms with van der Waals surface area (Å²) in [6.07, 6.45) is 0.920. The molecule has 0 aliphatic carbocycles. The third-order valence-electron chi connectivity index (χ3n) is 3.35. The highest BCUT2D eigenvalue weighted by molar-refractivity contribution is 7.17. The molecule has 6 nitrogen and oxygen atoms in total. The first-order chi connectivity index (χ1) is 10.1. The van der Waals surface area contributed by atoms with Crippen LogP contribution in [0.2, 0.25) is 0 Å². The maximum Gasteiger partial charge on any atom is 0.358 e. The Morgan fingerprint density at radius 3 is 2.86 bits per heavy atom. The quantitative estimate of drug-likeness (QED) is 0.613. The zero-order chi connectivity index (χ0) is 15.4. The Hall–Kier alpha value is -1.47. The number of esters is 1. The van der Waals surface area contributed by atoms with Crippen molar-refractivity contribution >= 4 is 28.2 Å². The van der Waals surface area contributed by atoms with Crippen molar-refractivity contribution in [1.82, 2.24) is 4.98 Å². The second-order valence-electron chi connectivity index (χ2n) is 4.78. The molecular formula is C14H20N2O4S. The lowest BCUT2D eigenvalue weighted by Gasteiger charge is -2.34. The molecule has 1 fully saturated rings. The van der Waals surface area contributed by atoms with Crippen molar-refractivity contribution in [1.29, 1.82) is 0 Å². The average Bonchev–Trinajstić information content (AvgIpc) is 2.92. The van der Waals surface area contributed by atoms with Crippen molar-refractivity contribution < 1.29 is 19.1 Å². The number of thiazole rings is 1. The van der Waals surface area contributed by atoms with E-state index in [1.165, 1.54) is 18.3 Å². The molecule has 0 radical (unpaired) electrons. The van der Waals surface area contributed by atoms with Crippen LogP contribution in [-0.2, 0) is 9.47 Å². The minimum absolute atomic E-state index is 0.130. The number of hydrogen-bond acceptors (Lipinski definition) is 7. The number of carbonyl (C=O) groups excluding carboxylic acids is 2. The van der Waals surface area contributed by atoms with Crippen LogP contribution in [0.25, 0.3) is 0 Å². The molecule has 0 spiro atoms. The molecular weight excluding hydrogens is 292 g/mol. The molecule has 1 aliphatic rings. The van der Waals surface area contributed by atoms with Crippen LogP contribution >= 0.6 is 11.3 Å². The Labute approximate surface area is 128 Å². The summed E-state index contributed by atoms with van der Waals surface area (Å²) in [6.45, 7) is 7.49. The van der Waals surface area contributed by atoms with Crippen molar-refractivity contribution in [2.75, 3.05) is 31.3 Å².